The Bertz CT molecular complexity index is 1180. The molecule has 0 spiro atoms. The first-order chi connectivity index (χ1) is 13.3. The molecule has 2 heteroatoms. The summed E-state index contributed by atoms with van der Waals surface area (Å²) in [5.41, 5.74) is 1.94. The van der Waals surface area contributed by atoms with Crippen molar-refractivity contribution in [1.82, 2.24) is 0 Å². The standard InChI is InChI=1S/C25H20GeO/c1-26(19-10-4-2-5-11-19,20-12-6-3-7-13-20)21-16-17-23-22-14-8-9-15-24(22)27-25(23)18-21/h2-18H,1H3. The summed E-state index contributed by atoms with van der Waals surface area (Å²) in [7, 11) is 0. The van der Waals surface area contributed by atoms with E-state index in [1.807, 2.05) is 12.1 Å². The number of furan rings is 1. The number of benzene rings is 4. The average Bonchev–Trinajstić information content (AvgIpc) is 3.12. The summed E-state index contributed by atoms with van der Waals surface area (Å²) in [6, 6.07) is 37.1. The summed E-state index contributed by atoms with van der Waals surface area (Å²) in [6.45, 7) is 0. The van der Waals surface area contributed by atoms with Crippen LogP contribution in [0.15, 0.2) is 108 Å². The van der Waals surface area contributed by atoms with E-state index in [0.717, 1.165) is 11.2 Å². The molecule has 130 valence electrons. The normalized spacial score (nSPS) is 11.9. The summed E-state index contributed by atoms with van der Waals surface area (Å²) < 4.78 is 10.5. The molecule has 1 aromatic heterocycles. The van der Waals surface area contributed by atoms with Crippen LogP contribution < -0.4 is 13.2 Å². The minimum atomic E-state index is -2.75. The zero-order chi connectivity index (χ0) is 18.3. The third kappa shape index (κ3) is 2.62. The van der Waals surface area contributed by atoms with Crippen LogP contribution in [0.3, 0.4) is 0 Å². The predicted octanol–water partition coefficient (Wildman–Crippen LogP) is 4.69. The molecule has 0 saturated heterocycles. The molecule has 4 aromatic carbocycles. The van der Waals surface area contributed by atoms with E-state index in [4.69, 9.17) is 4.42 Å². The Morgan fingerprint density at radius 3 is 1.74 bits per heavy atom. The van der Waals surface area contributed by atoms with Crippen LogP contribution in [-0.2, 0) is 0 Å². The first-order valence-corrected chi connectivity index (χ1v) is 14.5. The van der Waals surface area contributed by atoms with Gasteiger partial charge in [0.15, 0.2) is 0 Å². The van der Waals surface area contributed by atoms with E-state index in [0.29, 0.717) is 0 Å². The van der Waals surface area contributed by atoms with Crippen LogP contribution in [0.2, 0.25) is 5.76 Å². The summed E-state index contributed by atoms with van der Waals surface area (Å²) in [4.78, 5) is 0. The second-order valence-electron chi connectivity index (χ2n) is 7.17. The van der Waals surface area contributed by atoms with Gasteiger partial charge in [-0.25, -0.2) is 0 Å². The molecular weight excluding hydrogens is 389 g/mol. The first-order valence-electron chi connectivity index (χ1n) is 9.29. The van der Waals surface area contributed by atoms with Crippen molar-refractivity contribution in [2.24, 2.45) is 0 Å². The van der Waals surface area contributed by atoms with E-state index in [-0.39, 0.29) is 0 Å². The van der Waals surface area contributed by atoms with Gasteiger partial charge in [-0.2, -0.15) is 0 Å². The molecule has 1 nitrogen and oxygen atoms in total. The molecule has 0 radical (unpaired) electrons. The average molecular weight is 409 g/mol. The van der Waals surface area contributed by atoms with Gasteiger partial charge in [0.05, 0.1) is 0 Å². The van der Waals surface area contributed by atoms with Gasteiger partial charge in [-0.15, -0.1) is 0 Å². The second-order valence-corrected chi connectivity index (χ2v) is 15.5. The van der Waals surface area contributed by atoms with Gasteiger partial charge in [0.25, 0.3) is 0 Å². The monoisotopic (exact) mass is 410 g/mol. The fraction of sp³-hybridized carbons (Fsp3) is 0.0400. The molecule has 0 bridgehead atoms. The zero-order valence-corrected chi connectivity index (χ0v) is 17.3. The van der Waals surface area contributed by atoms with E-state index in [9.17, 15) is 0 Å². The number of fused-ring (bicyclic) bond motifs is 3. The van der Waals surface area contributed by atoms with E-state index in [1.54, 1.807) is 0 Å². The van der Waals surface area contributed by atoms with Crippen molar-refractivity contribution in [3.05, 3.63) is 103 Å². The Morgan fingerprint density at radius 1 is 0.519 bits per heavy atom. The number of rotatable bonds is 3. The van der Waals surface area contributed by atoms with Gasteiger partial charge in [0.2, 0.25) is 0 Å². The Kier molecular flexibility index (Phi) is 3.91. The van der Waals surface area contributed by atoms with Gasteiger partial charge in [0, 0.05) is 0 Å². The summed E-state index contributed by atoms with van der Waals surface area (Å²) >= 11 is -2.75. The molecule has 0 N–H and O–H groups in total. The topological polar surface area (TPSA) is 13.1 Å². The molecule has 5 aromatic rings. The van der Waals surface area contributed by atoms with Crippen LogP contribution >= 0.6 is 0 Å². The number of hydrogen-bond donors (Lipinski definition) is 0. The maximum absolute atomic E-state index is 6.19. The van der Waals surface area contributed by atoms with Crippen LogP contribution in [0.25, 0.3) is 21.9 Å². The zero-order valence-electron chi connectivity index (χ0n) is 15.2. The number of hydrogen-bond acceptors (Lipinski definition) is 1. The van der Waals surface area contributed by atoms with E-state index in [1.165, 1.54) is 24.0 Å². The summed E-state index contributed by atoms with van der Waals surface area (Å²) in [5, 5.41) is 2.38. The van der Waals surface area contributed by atoms with Crippen molar-refractivity contribution in [1.29, 1.82) is 0 Å². The molecule has 0 unspecified atom stereocenters. The molecule has 0 fully saturated rings. The molecule has 0 amide bonds. The van der Waals surface area contributed by atoms with Crippen LogP contribution in [-0.4, -0.2) is 13.3 Å². The quantitative estimate of drug-likeness (QED) is 0.395. The van der Waals surface area contributed by atoms with Crippen LogP contribution in [0.4, 0.5) is 0 Å². The van der Waals surface area contributed by atoms with Gasteiger partial charge < -0.3 is 0 Å². The molecule has 0 saturated carbocycles. The van der Waals surface area contributed by atoms with Crippen molar-refractivity contribution in [3.8, 4) is 0 Å². The van der Waals surface area contributed by atoms with Crippen molar-refractivity contribution in [3.63, 3.8) is 0 Å². The number of para-hydroxylation sites is 1. The van der Waals surface area contributed by atoms with Crippen LogP contribution in [0.1, 0.15) is 0 Å². The van der Waals surface area contributed by atoms with Gasteiger partial charge in [-0.05, 0) is 0 Å². The summed E-state index contributed by atoms with van der Waals surface area (Å²) in [6.07, 6.45) is 0. The first kappa shape index (κ1) is 16.4. The Balaban J connectivity index is 1.78. The van der Waals surface area contributed by atoms with Crippen LogP contribution in [0, 0.1) is 0 Å². The predicted molar refractivity (Wildman–Crippen MR) is 117 cm³/mol. The van der Waals surface area contributed by atoms with Crippen LogP contribution in [0.5, 0.6) is 0 Å². The Labute approximate surface area is 161 Å². The maximum atomic E-state index is 6.19. The molecule has 0 aliphatic heterocycles. The third-order valence-corrected chi connectivity index (χ3v) is 15.0. The second kappa shape index (κ2) is 6.43. The van der Waals surface area contributed by atoms with Gasteiger partial charge in [0.1, 0.15) is 0 Å². The molecule has 0 aliphatic rings. The fourth-order valence-corrected chi connectivity index (χ4v) is 11.5. The molecule has 27 heavy (non-hydrogen) atoms. The molecule has 5 rings (SSSR count). The Morgan fingerprint density at radius 2 is 1.07 bits per heavy atom. The van der Waals surface area contributed by atoms with Gasteiger partial charge >= 0.3 is 162 Å². The molecule has 1 heterocycles. The molecular formula is C25H20GeO. The summed E-state index contributed by atoms with van der Waals surface area (Å²) in [5.74, 6) is 2.48. The fourth-order valence-electron chi connectivity index (χ4n) is 4.08. The Hall–Kier alpha value is -2.78. The van der Waals surface area contributed by atoms with Crippen molar-refractivity contribution in [2.75, 3.05) is 0 Å². The van der Waals surface area contributed by atoms with Crippen molar-refractivity contribution >= 4 is 48.4 Å². The van der Waals surface area contributed by atoms with E-state index in [2.05, 4.69) is 96.8 Å². The van der Waals surface area contributed by atoms with E-state index < -0.39 is 13.3 Å². The molecule has 0 aliphatic carbocycles. The SMILES string of the molecule is [CH3][Ge]([c]1ccccc1)([c]1ccccc1)[c]1ccc2c(c1)oc1ccccc12. The van der Waals surface area contributed by atoms with E-state index >= 15 is 0 Å². The van der Waals surface area contributed by atoms with Gasteiger partial charge in [-0.3, -0.25) is 0 Å². The third-order valence-electron chi connectivity index (χ3n) is 5.66. The van der Waals surface area contributed by atoms with Gasteiger partial charge in [-0.1, -0.05) is 0 Å². The minimum absolute atomic E-state index is 0.957. The molecule has 0 atom stereocenters. The van der Waals surface area contributed by atoms with Crippen molar-refractivity contribution < 1.29 is 4.42 Å². The van der Waals surface area contributed by atoms with Crippen molar-refractivity contribution in [2.45, 2.75) is 5.76 Å².